The van der Waals surface area contributed by atoms with Crippen LogP contribution in [0.2, 0.25) is 0 Å². The maximum absolute atomic E-state index is 11.1. The summed E-state index contributed by atoms with van der Waals surface area (Å²) in [6.07, 6.45) is 0.186. The molecule has 0 aromatic carbocycles. The van der Waals surface area contributed by atoms with E-state index in [1.165, 1.54) is 0 Å². The fraction of sp³-hybridized carbons (Fsp3) is 0.778. The van der Waals surface area contributed by atoms with Gasteiger partial charge < -0.3 is 14.6 Å². The molecule has 0 amide bonds. The summed E-state index contributed by atoms with van der Waals surface area (Å²) in [5.74, 6) is 0.132. The zero-order valence-corrected chi connectivity index (χ0v) is 9.01. The molecule has 1 atom stereocenters. The molecule has 1 aliphatic heterocycles. The molecule has 70 valence electrons. The minimum absolute atomic E-state index is 0. The summed E-state index contributed by atoms with van der Waals surface area (Å²) in [6, 6.07) is 0. The fourth-order valence-corrected chi connectivity index (χ4v) is 0.946. The van der Waals surface area contributed by atoms with Crippen LogP contribution in [0.25, 0.3) is 0 Å². The normalized spacial score (nSPS) is 22.0. The molecule has 0 N–H and O–H groups in total. The van der Waals surface area contributed by atoms with Crippen LogP contribution in [0.1, 0.15) is 34.1 Å². The van der Waals surface area contributed by atoms with Gasteiger partial charge in [-0.25, -0.2) is 0 Å². The standard InChI is InChI=1S/C9H16O3.Li/c1-5-6-7(10)12-8(11-6)9(2,3)4;/h8,10H,5H2,1-4H3;/q;+1/p-1/t8-;/m1./s1. The van der Waals surface area contributed by atoms with Crippen LogP contribution in [0, 0.1) is 5.41 Å². The molecule has 0 unspecified atom stereocenters. The van der Waals surface area contributed by atoms with E-state index in [9.17, 15) is 5.11 Å². The first-order valence-corrected chi connectivity index (χ1v) is 4.18. The average molecular weight is 178 g/mol. The van der Waals surface area contributed by atoms with E-state index in [4.69, 9.17) is 9.47 Å². The van der Waals surface area contributed by atoms with Crippen LogP contribution in [0.5, 0.6) is 0 Å². The zero-order chi connectivity index (χ0) is 9.35. The van der Waals surface area contributed by atoms with Gasteiger partial charge in [-0.15, -0.1) is 0 Å². The Morgan fingerprint density at radius 2 is 1.85 bits per heavy atom. The Balaban J connectivity index is 0.00000144. The number of hydrogen-bond acceptors (Lipinski definition) is 3. The minimum atomic E-state index is -0.417. The van der Waals surface area contributed by atoms with Crippen LogP contribution >= 0.6 is 0 Å². The summed E-state index contributed by atoms with van der Waals surface area (Å²) in [5, 5.41) is 11.1. The van der Waals surface area contributed by atoms with Crippen molar-refractivity contribution in [2.75, 3.05) is 0 Å². The molecular weight excluding hydrogens is 163 g/mol. The van der Waals surface area contributed by atoms with Crippen molar-refractivity contribution >= 4 is 0 Å². The Morgan fingerprint density at radius 3 is 2.08 bits per heavy atom. The molecule has 0 aromatic rings. The zero-order valence-electron chi connectivity index (χ0n) is 9.01. The van der Waals surface area contributed by atoms with E-state index in [-0.39, 0.29) is 30.2 Å². The van der Waals surface area contributed by atoms with Crippen LogP contribution < -0.4 is 24.0 Å². The van der Waals surface area contributed by atoms with Crippen molar-refractivity contribution in [2.45, 2.75) is 40.4 Å². The Morgan fingerprint density at radius 1 is 1.31 bits per heavy atom. The Hall–Kier alpha value is -0.263. The quantitative estimate of drug-likeness (QED) is 0.452. The van der Waals surface area contributed by atoms with Crippen molar-refractivity contribution < 1.29 is 33.4 Å². The summed E-state index contributed by atoms with van der Waals surface area (Å²) in [7, 11) is 0. The van der Waals surface area contributed by atoms with E-state index in [1.54, 1.807) is 0 Å². The van der Waals surface area contributed by atoms with Gasteiger partial charge in [-0.05, 0) is 0 Å². The van der Waals surface area contributed by atoms with E-state index in [2.05, 4.69) is 0 Å². The molecule has 1 heterocycles. The summed E-state index contributed by atoms with van der Waals surface area (Å²) in [5.41, 5.74) is -0.146. The molecule has 0 radical (unpaired) electrons. The molecule has 0 spiro atoms. The number of rotatable bonds is 1. The second-order valence-corrected chi connectivity index (χ2v) is 4.00. The van der Waals surface area contributed by atoms with E-state index in [1.807, 2.05) is 27.7 Å². The molecule has 0 aromatic heterocycles. The maximum Gasteiger partial charge on any atom is 1.00 e. The van der Waals surface area contributed by atoms with Gasteiger partial charge in [-0.3, -0.25) is 0 Å². The van der Waals surface area contributed by atoms with Crippen molar-refractivity contribution in [2.24, 2.45) is 5.41 Å². The molecule has 0 bridgehead atoms. The van der Waals surface area contributed by atoms with Crippen LogP contribution in [0.4, 0.5) is 0 Å². The molecule has 1 rings (SSSR count). The second kappa shape index (κ2) is 4.30. The average Bonchev–Trinajstić information content (AvgIpc) is 2.29. The van der Waals surface area contributed by atoms with Crippen LogP contribution in [-0.2, 0) is 9.47 Å². The minimum Gasteiger partial charge on any atom is -0.574 e. The second-order valence-electron chi connectivity index (χ2n) is 4.00. The molecule has 0 fully saturated rings. The first kappa shape index (κ1) is 12.7. The number of allylic oxidation sites excluding steroid dienone is 1. The molecule has 0 saturated carbocycles. The third-order valence-corrected chi connectivity index (χ3v) is 1.72. The van der Waals surface area contributed by atoms with Gasteiger partial charge in [-0.1, -0.05) is 27.7 Å². The Labute approximate surface area is 91.3 Å². The van der Waals surface area contributed by atoms with Crippen molar-refractivity contribution in [3.8, 4) is 0 Å². The Bertz CT molecular complexity index is 205. The van der Waals surface area contributed by atoms with E-state index >= 15 is 0 Å². The topological polar surface area (TPSA) is 41.5 Å². The predicted octanol–water partition coefficient (Wildman–Crippen LogP) is -1.65. The smallest absolute Gasteiger partial charge is 0.574 e. The van der Waals surface area contributed by atoms with Gasteiger partial charge in [0.1, 0.15) is 5.76 Å². The Kier molecular flexibility index (Phi) is 4.21. The number of hydrogen-bond donors (Lipinski definition) is 0. The summed E-state index contributed by atoms with van der Waals surface area (Å²) < 4.78 is 10.4. The first-order chi connectivity index (χ1) is 5.45. The third kappa shape index (κ3) is 2.86. The molecule has 3 nitrogen and oxygen atoms in total. The van der Waals surface area contributed by atoms with Gasteiger partial charge >= 0.3 is 18.9 Å². The van der Waals surface area contributed by atoms with E-state index < -0.39 is 6.29 Å². The van der Waals surface area contributed by atoms with Gasteiger partial charge in [0.05, 0.1) is 5.95 Å². The monoisotopic (exact) mass is 178 g/mol. The molecule has 13 heavy (non-hydrogen) atoms. The van der Waals surface area contributed by atoms with Crippen molar-refractivity contribution in [3.63, 3.8) is 0 Å². The largest absolute Gasteiger partial charge is 1.00 e. The van der Waals surface area contributed by atoms with Crippen molar-refractivity contribution in [1.82, 2.24) is 0 Å². The van der Waals surface area contributed by atoms with Gasteiger partial charge in [0.25, 0.3) is 0 Å². The first-order valence-electron chi connectivity index (χ1n) is 4.18. The predicted molar refractivity (Wildman–Crippen MR) is 42.7 cm³/mol. The molecule has 4 heteroatoms. The van der Waals surface area contributed by atoms with E-state index in [0.717, 1.165) is 0 Å². The number of ether oxygens (including phenoxy) is 2. The summed E-state index contributed by atoms with van der Waals surface area (Å²) in [4.78, 5) is 0. The van der Waals surface area contributed by atoms with Crippen LogP contribution in [0.15, 0.2) is 11.7 Å². The molecule has 0 aliphatic carbocycles. The van der Waals surface area contributed by atoms with Crippen LogP contribution in [-0.4, -0.2) is 6.29 Å². The third-order valence-electron chi connectivity index (χ3n) is 1.72. The fourth-order valence-electron chi connectivity index (χ4n) is 0.946. The van der Waals surface area contributed by atoms with Gasteiger partial charge in [0.15, 0.2) is 6.29 Å². The van der Waals surface area contributed by atoms with Crippen LogP contribution in [0.3, 0.4) is 0 Å². The van der Waals surface area contributed by atoms with E-state index in [0.29, 0.717) is 12.2 Å². The van der Waals surface area contributed by atoms with Gasteiger partial charge in [0.2, 0.25) is 0 Å². The molecule has 1 aliphatic rings. The van der Waals surface area contributed by atoms with Gasteiger partial charge in [-0.2, -0.15) is 0 Å². The SMILES string of the molecule is CCC1=C([O-])O[C@H](C(C)(C)C)O1.[Li+]. The van der Waals surface area contributed by atoms with Crippen molar-refractivity contribution in [3.05, 3.63) is 11.7 Å². The summed E-state index contributed by atoms with van der Waals surface area (Å²) in [6.45, 7) is 7.80. The molecule has 0 saturated heterocycles. The molecular formula is C9H15LiO3. The van der Waals surface area contributed by atoms with Crippen molar-refractivity contribution in [1.29, 1.82) is 0 Å². The maximum atomic E-state index is 11.1. The van der Waals surface area contributed by atoms with Gasteiger partial charge in [0, 0.05) is 11.8 Å². The summed E-state index contributed by atoms with van der Waals surface area (Å²) >= 11 is 0.